The molecule has 0 bridgehead atoms. The van der Waals surface area contributed by atoms with E-state index < -0.39 is 0 Å². The van der Waals surface area contributed by atoms with Crippen LogP contribution < -0.4 is 4.74 Å². The summed E-state index contributed by atoms with van der Waals surface area (Å²) in [4.78, 5) is 4.03. The quantitative estimate of drug-likeness (QED) is 0.0981. The van der Waals surface area contributed by atoms with Crippen molar-refractivity contribution < 1.29 is 4.74 Å². The molecule has 0 spiro atoms. The van der Waals surface area contributed by atoms with Crippen LogP contribution in [0.3, 0.4) is 0 Å². The molecule has 1 nitrogen and oxygen atoms in total. The van der Waals surface area contributed by atoms with Gasteiger partial charge in [0.2, 0.25) is 0 Å². The molecule has 0 aliphatic rings. The van der Waals surface area contributed by atoms with Crippen molar-refractivity contribution in [3.63, 3.8) is 0 Å². The van der Waals surface area contributed by atoms with Gasteiger partial charge in [-0.05, 0) is 55.0 Å². The molecule has 0 saturated heterocycles. The maximum atomic E-state index is 6.07. The van der Waals surface area contributed by atoms with Crippen molar-refractivity contribution in [2.75, 3.05) is 6.61 Å². The third-order valence-electron chi connectivity index (χ3n) is 7.28. The highest BCUT2D eigenvalue weighted by molar-refractivity contribution is 7.97. The Morgan fingerprint density at radius 1 is 0.421 bits per heavy atom. The van der Waals surface area contributed by atoms with Crippen LogP contribution in [0.25, 0.3) is 0 Å². The van der Waals surface area contributed by atoms with Crippen LogP contribution in [0.15, 0.2) is 99.6 Å². The highest BCUT2D eigenvalue weighted by Gasteiger charge is 2.28. The van der Waals surface area contributed by atoms with Crippen LogP contribution in [0.1, 0.15) is 110 Å². The predicted molar refractivity (Wildman–Crippen MR) is 167 cm³/mol. The van der Waals surface area contributed by atoms with Crippen molar-refractivity contribution in [2.45, 2.75) is 124 Å². The van der Waals surface area contributed by atoms with Gasteiger partial charge in [-0.3, -0.25) is 0 Å². The largest absolute Gasteiger partial charge is 0.494 e. The average Bonchev–Trinajstić information content (AvgIpc) is 2.97. The smallest absolute Gasteiger partial charge is 0.166 e. The van der Waals surface area contributed by atoms with E-state index in [0.29, 0.717) is 0 Å². The maximum absolute atomic E-state index is 6.07. The van der Waals surface area contributed by atoms with Gasteiger partial charge in [-0.1, -0.05) is 140 Å². The molecule has 0 N–H and O–H groups in total. The summed E-state index contributed by atoms with van der Waals surface area (Å²) in [6.45, 7) is 3.12. The van der Waals surface area contributed by atoms with E-state index >= 15 is 0 Å². The van der Waals surface area contributed by atoms with Crippen molar-refractivity contribution in [2.24, 2.45) is 0 Å². The fourth-order valence-corrected chi connectivity index (χ4v) is 7.12. The standard InChI is InChI=1S/C36H51OS/c1-2-3-4-5-6-7-8-9-10-11-12-13-14-15-16-23-32-37-33-28-30-36(31-29-33)38(34-24-19-17-20-25-34)35-26-21-18-22-27-35/h17-22,24-31H,2-16,23,32H2,1H3/q+1. The van der Waals surface area contributed by atoms with E-state index in [9.17, 15) is 0 Å². The monoisotopic (exact) mass is 531 g/mol. The van der Waals surface area contributed by atoms with Crippen molar-refractivity contribution in [3.8, 4) is 5.75 Å². The van der Waals surface area contributed by atoms with Crippen molar-refractivity contribution in [1.82, 2.24) is 0 Å². The third-order valence-corrected chi connectivity index (χ3v) is 9.51. The van der Waals surface area contributed by atoms with Gasteiger partial charge in [-0.15, -0.1) is 0 Å². The van der Waals surface area contributed by atoms with E-state index in [4.69, 9.17) is 4.74 Å². The summed E-state index contributed by atoms with van der Waals surface area (Å²) in [6.07, 6.45) is 22.4. The fourth-order valence-electron chi connectivity index (χ4n) is 5.03. The summed E-state index contributed by atoms with van der Waals surface area (Å²) in [5.41, 5.74) is 0. The molecule has 0 saturated carbocycles. The molecule has 0 aliphatic carbocycles. The molecule has 206 valence electrons. The minimum Gasteiger partial charge on any atom is -0.494 e. The van der Waals surface area contributed by atoms with E-state index in [-0.39, 0.29) is 10.9 Å². The van der Waals surface area contributed by atoms with Gasteiger partial charge in [0.05, 0.1) is 17.5 Å². The summed E-state index contributed by atoms with van der Waals surface area (Å²) < 4.78 is 6.07. The molecule has 38 heavy (non-hydrogen) atoms. The van der Waals surface area contributed by atoms with Gasteiger partial charge in [-0.2, -0.15) is 0 Å². The number of benzene rings is 3. The van der Waals surface area contributed by atoms with E-state index in [0.717, 1.165) is 18.8 Å². The molecular weight excluding hydrogens is 480 g/mol. The number of rotatable bonds is 21. The lowest BCUT2D eigenvalue weighted by Gasteiger charge is -2.10. The molecule has 0 atom stereocenters. The molecule has 0 fully saturated rings. The molecule has 3 aromatic rings. The Kier molecular flexibility index (Phi) is 15.8. The molecule has 0 amide bonds. The lowest BCUT2D eigenvalue weighted by Crippen LogP contribution is -2.04. The van der Waals surface area contributed by atoms with Crippen LogP contribution in [0.2, 0.25) is 0 Å². The molecule has 3 aromatic carbocycles. The number of unbranched alkanes of at least 4 members (excludes halogenated alkanes) is 15. The molecule has 0 unspecified atom stereocenters. The Balaban J connectivity index is 1.23. The normalized spacial score (nSPS) is 11.2. The zero-order valence-electron chi connectivity index (χ0n) is 23.9. The lowest BCUT2D eigenvalue weighted by molar-refractivity contribution is 0.304. The van der Waals surface area contributed by atoms with E-state index in [1.54, 1.807) is 0 Å². The Morgan fingerprint density at radius 3 is 1.21 bits per heavy atom. The number of hydrogen-bond donors (Lipinski definition) is 0. The second-order valence-corrected chi connectivity index (χ2v) is 12.6. The second kappa shape index (κ2) is 19.8. The van der Waals surface area contributed by atoms with Gasteiger partial charge in [0.25, 0.3) is 0 Å². The van der Waals surface area contributed by atoms with Crippen LogP contribution in [-0.4, -0.2) is 6.61 Å². The lowest BCUT2D eigenvalue weighted by atomic mass is 10.0. The summed E-state index contributed by atoms with van der Waals surface area (Å²) in [6, 6.07) is 30.4. The van der Waals surface area contributed by atoms with Gasteiger partial charge in [0.15, 0.2) is 14.7 Å². The SMILES string of the molecule is CCCCCCCCCCCCCCCCCCOc1ccc([S+](c2ccccc2)c2ccccc2)cc1. The van der Waals surface area contributed by atoms with Crippen LogP contribution in [-0.2, 0) is 10.9 Å². The minimum absolute atomic E-state index is 0.0968. The average molecular weight is 532 g/mol. The Labute approximate surface area is 236 Å². The van der Waals surface area contributed by atoms with Crippen LogP contribution in [0.4, 0.5) is 0 Å². The first-order valence-electron chi connectivity index (χ1n) is 15.5. The molecule has 0 aliphatic heterocycles. The van der Waals surface area contributed by atoms with Gasteiger partial charge in [0, 0.05) is 0 Å². The first-order chi connectivity index (χ1) is 18.9. The van der Waals surface area contributed by atoms with Gasteiger partial charge in [-0.25, -0.2) is 0 Å². The second-order valence-electron chi connectivity index (χ2n) is 10.6. The van der Waals surface area contributed by atoms with Gasteiger partial charge in [0.1, 0.15) is 5.75 Å². The van der Waals surface area contributed by atoms with Gasteiger partial charge < -0.3 is 4.74 Å². The molecule has 0 aromatic heterocycles. The highest BCUT2D eigenvalue weighted by atomic mass is 32.2. The van der Waals surface area contributed by atoms with E-state index in [1.165, 1.54) is 111 Å². The predicted octanol–water partition coefficient (Wildman–Crippen LogP) is 11.4. The summed E-state index contributed by atoms with van der Waals surface area (Å²) in [7, 11) is -0.0968. The highest BCUT2D eigenvalue weighted by Crippen LogP contribution is 2.32. The maximum Gasteiger partial charge on any atom is 0.166 e. The van der Waals surface area contributed by atoms with Gasteiger partial charge >= 0.3 is 0 Å². The molecule has 2 heteroatoms. The summed E-state index contributed by atoms with van der Waals surface area (Å²) >= 11 is 0. The molecule has 0 heterocycles. The third kappa shape index (κ3) is 12.1. The van der Waals surface area contributed by atoms with E-state index in [1.807, 2.05) is 0 Å². The van der Waals surface area contributed by atoms with Crippen molar-refractivity contribution in [1.29, 1.82) is 0 Å². The van der Waals surface area contributed by atoms with E-state index in [2.05, 4.69) is 91.9 Å². The van der Waals surface area contributed by atoms with Crippen molar-refractivity contribution in [3.05, 3.63) is 84.9 Å². The summed E-state index contributed by atoms with van der Waals surface area (Å²) in [5.74, 6) is 0.986. The molecule has 3 rings (SSSR count). The van der Waals surface area contributed by atoms with Crippen LogP contribution in [0.5, 0.6) is 5.75 Å². The minimum atomic E-state index is -0.0968. The summed E-state index contributed by atoms with van der Waals surface area (Å²) in [5, 5.41) is 0. The Bertz CT molecular complexity index is 899. The zero-order chi connectivity index (χ0) is 26.5. The number of ether oxygens (including phenoxy) is 1. The zero-order valence-corrected chi connectivity index (χ0v) is 24.7. The van der Waals surface area contributed by atoms with Crippen LogP contribution >= 0.6 is 0 Å². The Morgan fingerprint density at radius 2 is 0.789 bits per heavy atom. The number of hydrogen-bond acceptors (Lipinski definition) is 1. The Hall–Kier alpha value is -2.19. The van der Waals surface area contributed by atoms with Crippen molar-refractivity contribution >= 4 is 10.9 Å². The molecule has 0 radical (unpaired) electrons. The first kappa shape index (κ1) is 30.4. The first-order valence-corrected chi connectivity index (χ1v) is 16.7. The topological polar surface area (TPSA) is 9.23 Å². The van der Waals surface area contributed by atoms with Crippen LogP contribution in [0, 0.1) is 0 Å². The fraction of sp³-hybridized carbons (Fsp3) is 0.500. The molecular formula is C36H51OS+.